The molecule has 0 atom stereocenters. The van der Waals surface area contributed by atoms with Crippen LogP contribution in [-0.4, -0.2) is 32.2 Å². The number of sulfonamides is 1. The standard InChI is InChI=1S/C12H12FN3O3S/c1-19-9-16(12-6-7-14-8-15-12)20(17,18)11-5-3-2-4-10(11)13/h2-8H,9H2,1H3. The van der Waals surface area contributed by atoms with Crippen molar-refractivity contribution in [1.82, 2.24) is 9.97 Å². The van der Waals surface area contributed by atoms with E-state index >= 15 is 0 Å². The molecule has 0 aliphatic rings. The van der Waals surface area contributed by atoms with Gasteiger partial charge in [0.2, 0.25) is 0 Å². The fourth-order valence-electron chi connectivity index (χ4n) is 1.58. The maximum absolute atomic E-state index is 13.7. The lowest BCUT2D eigenvalue weighted by molar-refractivity contribution is 0.209. The molecule has 0 N–H and O–H groups in total. The van der Waals surface area contributed by atoms with Crippen molar-refractivity contribution in [2.45, 2.75) is 4.90 Å². The minimum atomic E-state index is -4.10. The molecule has 0 saturated heterocycles. The van der Waals surface area contributed by atoms with E-state index in [1.54, 1.807) is 0 Å². The van der Waals surface area contributed by atoms with Crippen molar-refractivity contribution in [3.63, 3.8) is 0 Å². The molecule has 0 aliphatic carbocycles. The van der Waals surface area contributed by atoms with Crippen LogP contribution in [-0.2, 0) is 14.8 Å². The van der Waals surface area contributed by atoms with Crippen LogP contribution in [0.15, 0.2) is 47.8 Å². The molecule has 1 aromatic carbocycles. The van der Waals surface area contributed by atoms with Gasteiger partial charge in [-0.25, -0.2) is 27.1 Å². The molecule has 0 unspecified atom stereocenters. The van der Waals surface area contributed by atoms with Gasteiger partial charge in [0.05, 0.1) is 0 Å². The second kappa shape index (κ2) is 5.93. The van der Waals surface area contributed by atoms with Crippen LogP contribution in [0, 0.1) is 5.82 Å². The fraction of sp³-hybridized carbons (Fsp3) is 0.167. The molecule has 0 radical (unpaired) electrons. The van der Waals surface area contributed by atoms with Crippen LogP contribution >= 0.6 is 0 Å². The molecule has 0 spiro atoms. The molecule has 20 heavy (non-hydrogen) atoms. The number of anilines is 1. The van der Waals surface area contributed by atoms with Crippen LogP contribution < -0.4 is 4.31 Å². The summed E-state index contributed by atoms with van der Waals surface area (Å²) in [5.41, 5.74) is 0. The molecule has 0 amide bonds. The lowest BCUT2D eigenvalue weighted by Crippen LogP contribution is -2.34. The van der Waals surface area contributed by atoms with E-state index in [1.807, 2.05) is 0 Å². The van der Waals surface area contributed by atoms with Crippen LogP contribution in [0.1, 0.15) is 0 Å². The Balaban J connectivity index is 2.52. The SMILES string of the molecule is COCN(c1ccncn1)S(=O)(=O)c1ccccc1F. The molecule has 0 saturated carbocycles. The van der Waals surface area contributed by atoms with Crippen molar-refractivity contribution >= 4 is 15.8 Å². The van der Waals surface area contributed by atoms with E-state index in [9.17, 15) is 12.8 Å². The minimum absolute atomic E-state index is 0.102. The van der Waals surface area contributed by atoms with Gasteiger partial charge in [-0.2, -0.15) is 0 Å². The molecular weight excluding hydrogens is 285 g/mol. The number of nitrogens with zero attached hydrogens (tertiary/aromatic N) is 3. The monoisotopic (exact) mass is 297 g/mol. The minimum Gasteiger partial charge on any atom is -0.363 e. The fourth-order valence-corrected chi connectivity index (χ4v) is 2.98. The zero-order chi connectivity index (χ0) is 14.6. The molecule has 1 aromatic heterocycles. The number of ether oxygens (including phenoxy) is 1. The highest BCUT2D eigenvalue weighted by atomic mass is 32.2. The summed E-state index contributed by atoms with van der Waals surface area (Å²) < 4.78 is 44.4. The average molecular weight is 297 g/mol. The zero-order valence-electron chi connectivity index (χ0n) is 10.6. The Kier molecular flexibility index (Phi) is 4.26. The van der Waals surface area contributed by atoms with Crippen molar-refractivity contribution in [2.24, 2.45) is 0 Å². The summed E-state index contributed by atoms with van der Waals surface area (Å²) in [4.78, 5) is 7.13. The topological polar surface area (TPSA) is 72.4 Å². The van der Waals surface area contributed by atoms with Crippen molar-refractivity contribution in [2.75, 3.05) is 18.1 Å². The molecule has 1 heterocycles. The summed E-state index contributed by atoms with van der Waals surface area (Å²) in [6.45, 7) is -0.284. The quantitative estimate of drug-likeness (QED) is 0.780. The first-order valence-electron chi connectivity index (χ1n) is 5.59. The van der Waals surface area contributed by atoms with Crippen molar-refractivity contribution < 1.29 is 17.5 Å². The number of methoxy groups -OCH3 is 1. The molecule has 0 fully saturated rings. The normalized spacial score (nSPS) is 11.3. The molecule has 0 aliphatic heterocycles. The van der Waals surface area contributed by atoms with E-state index in [0.717, 1.165) is 10.4 Å². The third-order valence-corrected chi connectivity index (χ3v) is 4.23. The molecular formula is C12H12FN3O3S. The Hall–Kier alpha value is -2.06. The second-order valence-electron chi connectivity index (χ2n) is 3.77. The highest BCUT2D eigenvalue weighted by Crippen LogP contribution is 2.23. The van der Waals surface area contributed by atoms with E-state index in [2.05, 4.69) is 9.97 Å². The van der Waals surface area contributed by atoms with E-state index < -0.39 is 20.7 Å². The molecule has 0 bridgehead atoms. The lowest BCUT2D eigenvalue weighted by atomic mass is 10.4. The largest absolute Gasteiger partial charge is 0.363 e. The van der Waals surface area contributed by atoms with E-state index in [1.165, 1.54) is 43.9 Å². The first-order chi connectivity index (χ1) is 9.57. The van der Waals surface area contributed by atoms with Gasteiger partial charge in [0.25, 0.3) is 10.0 Å². The number of rotatable bonds is 5. The Morgan fingerprint density at radius 2 is 2.05 bits per heavy atom. The molecule has 2 rings (SSSR count). The number of halogens is 1. The summed E-state index contributed by atoms with van der Waals surface area (Å²) >= 11 is 0. The Morgan fingerprint density at radius 1 is 1.30 bits per heavy atom. The molecule has 6 nitrogen and oxygen atoms in total. The second-order valence-corrected chi connectivity index (χ2v) is 5.60. The van der Waals surface area contributed by atoms with Crippen molar-refractivity contribution in [3.8, 4) is 0 Å². The molecule has 2 aromatic rings. The van der Waals surface area contributed by atoms with Gasteiger partial charge in [-0.3, -0.25) is 0 Å². The van der Waals surface area contributed by atoms with Gasteiger partial charge in [-0.05, 0) is 12.1 Å². The first kappa shape index (κ1) is 14.4. The summed E-state index contributed by atoms with van der Waals surface area (Å²) in [6.07, 6.45) is 2.59. The summed E-state index contributed by atoms with van der Waals surface area (Å²) in [5.74, 6) is -0.729. The van der Waals surface area contributed by atoms with Gasteiger partial charge >= 0.3 is 0 Å². The Labute approximate surface area is 115 Å². The average Bonchev–Trinajstić information content (AvgIpc) is 2.45. The number of hydrogen-bond acceptors (Lipinski definition) is 5. The van der Waals surface area contributed by atoms with E-state index in [4.69, 9.17) is 4.74 Å². The van der Waals surface area contributed by atoms with Crippen molar-refractivity contribution in [1.29, 1.82) is 0 Å². The molecule has 106 valence electrons. The molecule has 8 heteroatoms. The highest BCUT2D eigenvalue weighted by Gasteiger charge is 2.28. The maximum atomic E-state index is 13.7. The van der Waals surface area contributed by atoms with Gasteiger partial charge < -0.3 is 4.74 Å². The third kappa shape index (κ3) is 2.75. The Bertz CT molecular complexity index is 679. The summed E-state index contributed by atoms with van der Waals surface area (Å²) in [5, 5.41) is 0. The van der Waals surface area contributed by atoms with Crippen LogP contribution in [0.25, 0.3) is 0 Å². The van der Waals surface area contributed by atoms with Crippen LogP contribution in [0.3, 0.4) is 0 Å². The zero-order valence-corrected chi connectivity index (χ0v) is 11.4. The maximum Gasteiger partial charge on any atom is 0.270 e. The van der Waals surface area contributed by atoms with E-state index in [-0.39, 0.29) is 12.5 Å². The number of hydrogen-bond donors (Lipinski definition) is 0. The van der Waals surface area contributed by atoms with Gasteiger partial charge in [0.15, 0.2) is 0 Å². The first-order valence-corrected chi connectivity index (χ1v) is 7.03. The van der Waals surface area contributed by atoms with Gasteiger partial charge in [-0.1, -0.05) is 12.1 Å². The predicted octanol–water partition coefficient (Wildman–Crippen LogP) is 1.41. The van der Waals surface area contributed by atoms with Crippen LogP contribution in [0.5, 0.6) is 0 Å². The van der Waals surface area contributed by atoms with Crippen LogP contribution in [0.2, 0.25) is 0 Å². The highest BCUT2D eigenvalue weighted by molar-refractivity contribution is 7.92. The van der Waals surface area contributed by atoms with Crippen molar-refractivity contribution in [3.05, 3.63) is 48.7 Å². The summed E-state index contributed by atoms with van der Waals surface area (Å²) in [6, 6.07) is 6.53. The smallest absolute Gasteiger partial charge is 0.270 e. The van der Waals surface area contributed by atoms with Gasteiger partial charge in [-0.15, -0.1) is 0 Å². The summed E-state index contributed by atoms with van der Waals surface area (Å²) in [7, 11) is -2.77. The predicted molar refractivity (Wildman–Crippen MR) is 70.0 cm³/mol. The van der Waals surface area contributed by atoms with Gasteiger partial charge in [0.1, 0.15) is 29.6 Å². The van der Waals surface area contributed by atoms with Gasteiger partial charge in [0, 0.05) is 19.4 Å². The number of benzene rings is 1. The number of aromatic nitrogens is 2. The van der Waals surface area contributed by atoms with E-state index in [0.29, 0.717) is 0 Å². The third-order valence-electron chi connectivity index (χ3n) is 2.47. The Morgan fingerprint density at radius 3 is 2.65 bits per heavy atom. The lowest BCUT2D eigenvalue weighted by Gasteiger charge is -2.22. The van der Waals surface area contributed by atoms with Crippen LogP contribution in [0.4, 0.5) is 10.2 Å².